The average Bonchev–Trinajstić information content (AvgIpc) is 2.92. The SMILES string of the molecule is COc1ccc(NC(=O)c2cc3c(OC)cccc3n2C)cc1Cl. The molecule has 0 atom stereocenters. The van der Waals surface area contributed by atoms with Gasteiger partial charge in [0.25, 0.3) is 5.91 Å². The number of aromatic nitrogens is 1. The molecule has 6 heteroatoms. The number of carbonyl (C=O) groups is 1. The van der Waals surface area contributed by atoms with Crippen LogP contribution in [0.1, 0.15) is 10.5 Å². The molecule has 1 heterocycles. The zero-order valence-corrected chi connectivity index (χ0v) is 14.3. The molecule has 0 fully saturated rings. The van der Waals surface area contributed by atoms with Crippen molar-refractivity contribution < 1.29 is 14.3 Å². The Balaban J connectivity index is 1.94. The first-order valence-electron chi connectivity index (χ1n) is 7.32. The standard InChI is InChI=1S/C18H17ClN2O3/c1-21-14-5-4-6-16(23-2)12(14)10-15(21)18(22)20-11-7-8-17(24-3)13(19)9-11/h4-10H,1-3H3,(H,20,22). The summed E-state index contributed by atoms with van der Waals surface area (Å²) in [7, 11) is 5.00. The Morgan fingerprint density at radius 1 is 1.08 bits per heavy atom. The number of nitrogens with zero attached hydrogens (tertiary/aromatic N) is 1. The summed E-state index contributed by atoms with van der Waals surface area (Å²) in [6.45, 7) is 0. The Kier molecular flexibility index (Phi) is 4.36. The number of ether oxygens (including phenoxy) is 2. The summed E-state index contributed by atoms with van der Waals surface area (Å²) in [6, 6.07) is 12.6. The van der Waals surface area contributed by atoms with Gasteiger partial charge in [-0.3, -0.25) is 4.79 Å². The molecule has 2 aromatic carbocycles. The fraction of sp³-hybridized carbons (Fsp3) is 0.167. The minimum atomic E-state index is -0.225. The molecule has 1 aromatic heterocycles. The van der Waals surface area contributed by atoms with E-state index in [1.165, 1.54) is 0 Å². The molecule has 1 amide bonds. The van der Waals surface area contributed by atoms with E-state index in [-0.39, 0.29) is 5.91 Å². The van der Waals surface area contributed by atoms with E-state index in [2.05, 4.69) is 5.32 Å². The van der Waals surface area contributed by atoms with Crippen LogP contribution >= 0.6 is 11.6 Å². The molecule has 3 aromatic rings. The van der Waals surface area contributed by atoms with Crippen molar-refractivity contribution in [3.8, 4) is 11.5 Å². The van der Waals surface area contributed by atoms with Crippen LogP contribution in [-0.4, -0.2) is 24.7 Å². The highest BCUT2D eigenvalue weighted by Crippen LogP contribution is 2.30. The number of amides is 1. The molecule has 0 radical (unpaired) electrons. The summed E-state index contributed by atoms with van der Waals surface area (Å²) >= 11 is 6.10. The largest absolute Gasteiger partial charge is 0.496 e. The maximum Gasteiger partial charge on any atom is 0.272 e. The summed E-state index contributed by atoms with van der Waals surface area (Å²) in [5.74, 6) is 1.07. The maximum absolute atomic E-state index is 12.6. The first-order valence-corrected chi connectivity index (χ1v) is 7.70. The molecule has 0 unspecified atom stereocenters. The van der Waals surface area contributed by atoms with Gasteiger partial charge in [-0.15, -0.1) is 0 Å². The highest BCUT2D eigenvalue weighted by molar-refractivity contribution is 6.32. The van der Waals surface area contributed by atoms with Crippen molar-refractivity contribution in [1.82, 2.24) is 4.57 Å². The highest BCUT2D eigenvalue weighted by Gasteiger charge is 2.16. The average molecular weight is 345 g/mol. The Morgan fingerprint density at radius 3 is 2.50 bits per heavy atom. The molecular weight excluding hydrogens is 328 g/mol. The van der Waals surface area contributed by atoms with E-state index in [0.717, 1.165) is 16.7 Å². The molecule has 124 valence electrons. The molecule has 0 aliphatic rings. The molecule has 0 saturated heterocycles. The smallest absolute Gasteiger partial charge is 0.272 e. The van der Waals surface area contributed by atoms with Crippen LogP contribution in [0.4, 0.5) is 5.69 Å². The van der Waals surface area contributed by atoms with Crippen molar-refractivity contribution in [2.75, 3.05) is 19.5 Å². The quantitative estimate of drug-likeness (QED) is 0.775. The summed E-state index contributed by atoms with van der Waals surface area (Å²) in [5.41, 5.74) is 2.05. The van der Waals surface area contributed by atoms with Crippen LogP contribution in [0.5, 0.6) is 11.5 Å². The molecule has 1 N–H and O–H groups in total. The Morgan fingerprint density at radius 2 is 1.83 bits per heavy atom. The van der Waals surface area contributed by atoms with E-state index in [1.54, 1.807) is 32.4 Å². The topological polar surface area (TPSA) is 52.5 Å². The van der Waals surface area contributed by atoms with E-state index in [4.69, 9.17) is 21.1 Å². The summed E-state index contributed by atoms with van der Waals surface area (Å²) < 4.78 is 12.3. The molecule has 0 saturated carbocycles. The minimum absolute atomic E-state index is 0.225. The number of nitrogens with one attached hydrogen (secondary N) is 1. The molecule has 0 aliphatic carbocycles. The van der Waals surface area contributed by atoms with Gasteiger partial charge in [-0.1, -0.05) is 17.7 Å². The van der Waals surface area contributed by atoms with Crippen LogP contribution in [0.25, 0.3) is 10.9 Å². The zero-order valence-electron chi connectivity index (χ0n) is 13.6. The summed E-state index contributed by atoms with van der Waals surface area (Å²) in [4.78, 5) is 12.6. The lowest BCUT2D eigenvalue weighted by atomic mass is 10.2. The fourth-order valence-electron chi connectivity index (χ4n) is 2.67. The van der Waals surface area contributed by atoms with Crippen molar-refractivity contribution >= 4 is 34.1 Å². The van der Waals surface area contributed by atoms with Crippen molar-refractivity contribution in [1.29, 1.82) is 0 Å². The van der Waals surface area contributed by atoms with Crippen LogP contribution in [0.2, 0.25) is 5.02 Å². The van der Waals surface area contributed by atoms with Gasteiger partial charge in [-0.2, -0.15) is 0 Å². The second kappa shape index (κ2) is 6.45. The Labute approximate surface area is 144 Å². The van der Waals surface area contributed by atoms with Crippen molar-refractivity contribution in [2.24, 2.45) is 7.05 Å². The predicted molar refractivity (Wildman–Crippen MR) is 95.4 cm³/mol. The first-order chi connectivity index (χ1) is 11.5. The number of fused-ring (bicyclic) bond motifs is 1. The third-order valence-electron chi connectivity index (χ3n) is 3.91. The van der Waals surface area contributed by atoms with Gasteiger partial charge >= 0.3 is 0 Å². The number of aryl methyl sites for hydroxylation is 1. The van der Waals surface area contributed by atoms with Crippen molar-refractivity contribution in [2.45, 2.75) is 0 Å². The van der Waals surface area contributed by atoms with Gasteiger partial charge < -0.3 is 19.4 Å². The fourth-order valence-corrected chi connectivity index (χ4v) is 2.93. The number of carbonyl (C=O) groups excluding carboxylic acids is 1. The van der Waals surface area contributed by atoms with Crippen LogP contribution in [0, 0.1) is 0 Å². The Hall–Kier alpha value is -2.66. The molecule has 3 rings (SSSR count). The van der Waals surface area contributed by atoms with Gasteiger partial charge in [-0.25, -0.2) is 0 Å². The van der Waals surface area contributed by atoms with Gasteiger partial charge in [0.1, 0.15) is 17.2 Å². The molecule has 0 aliphatic heterocycles. The minimum Gasteiger partial charge on any atom is -0.496 e. The third kappa shape index (κ3) is 2.78. The molecule has 0 spiro atoms. The van der Waals surface area contributed by atoms with E-state index >= 15 is 0 Å². The number of rotatable bonds is 4. The number of methoxy groups -OCH3 is 2. The second-order valence-corrected chi connectivity index (χ2v) is 5.69. The lowest BCUT2D eigenvalue weighted by Crippen LogP contribution is -2.15. The van der Waals surface area contributed by atoms with Gasteiger partial charge in [0.2, 0.25) is 0 Å². The van der Waals surface area contributed by atoms with Crippen LogP contribution in [-0.2, 0) is 7.05 Å². The Bertz CT molecular complexity index is 918. The molecule has 24 heavy (non-hydrogen) atoms. The third-order valence-corrected chi connectivity index (χ3v) is 4.20. The summed E-state index contributed by atoms with van der Waals surface area (Å²) in [5, 5.41) is 4.18. The highest BCUT2D eigenvalue weighted by atomic mass is 35.5. The van der Waals surface area contributed by atoms with E-state index < -0.39 is 0 Å². The molecule has 0 bridgehead atoms. The van der Waals surface area contributed by atoms with E-state index in [9.17, 15) is 4.79 Å². The van der Waals surface area contributed by atoms with Crippen molar-refractivity contribution in [3.05, 3.63) is 53.2 Å². The summed E-state index contributed by atoms with van der Waals surface area (Å²) in [6.07, 6.45) is 0. The number of benzene rings is 2. The lowest BCUT2D eigenvalue weighted by Gasteiger charge is -2.09. The van der Waals surface area contributed by atoms with E-state index in [1.807, 2.05) is 35.9 Å². The van der Waals surface area contributed by atoms with Crippen molar-refractivity contribution in [3.63, 3.8) is 0 Å². The van der Waals surface area contributed by atoms with E-state index in [0.29, 0.717) is 22.2 Å². The molecule has 5 nitrogen and oxygen atoms in total. The predicted octanol–water partition coefficient (Wildman–Crippen LogP) is 4.10. The van der Waals surface area contributed by atoms with Gasteiger partial charge in [0.15, 0.2) is 0 Å². The van der Waals surface area contributed by atoms with Gasteiger partial charge in [0, 0.05) is 18.1 Å². The maximum atomic E-state index is 12.6. The molecular formula is C18H17ClN2O3. The number of hydrogen-bond donors (Lipinski definition) is 1. The first kappa shape index (κ1) is 16.2. The number of halogens is 1. The second-order valence-electron chi connectivity index (χ2n) is 5.29. The zero-order chi connectivity index (χ0) is 17.3. The van der Waals surface area contributed by atoms with Crippen LogP contribution < -0.4 is 14.8 Å². The lowest BCUT2D eigenvalue weighted by molar-refractivity contribution is 0.102. The van der Waals surface area contributed by atoms with Gasteiger partial charge in [0.05, 0.1) is 24.8 Å². The number of hydrogen-bond acceptors (Lipinski definition) is 3. The number of anilines is 1. The van der Waals surface area contributed by atoms with Gasteiger partial charge in [-0.05, 0) is 36.4 Å². The van der Waals surface area contributed by atoms with Crippen LogP contribution in [0.15, 0.2) is 42.5 Å². The monoisotopic (exact) mass is 344 g/mol. The van der Waals surface area contributed by atoms with Crippen LogP contribution in [0.3, 0.4) is 0 Å². The normalized spacial score (nSPS) is 10.7.